The van der Waals surface area contributed by atoms with Crippen molar-refractivity contribution in [3.63, 3.8) is 0 Å². The molecule has 2 N–H and O–H groups in total. The summed E-state index contributed by atoms with van der Waals surface area (Å²) in [6.45, 7) is 3.47. The summed E-state index contributed by atoms with van der Waals surface area (Å²) in [7, 11) is -3.99. The predicted molar refractivity (Wildman–Crippen MR) is 113 cm³/mol. The Bertz CT molecular complexity index is 1060. The summed E-state index contributed by atoms with van der Waals surface area (Å²) < 4.78 is 39.7. The first kappa shape index (κ1) is 22.7. The second-order valence-electron chi connectivity index (χ2n) is 6.86. The minimum absolute atomic E-state index is 0.0256. The van der Waals surface area contributed by atoms with Crippen molar-refractivity contribution < 1.29 is 32.2 Å². The van der Waals surface area contributed by atoms with Gasteiger partial charge in [0.1, 0.15) is 19.0 Å². The summed E-state index contributed by atoms with van der Waals surface area (Å²) in [5.41, 5.74) is 1.07. The Morgan fingerprint density at radius 1 is 1.06 bits per heavy atom. The van der Waals surface area contributed by atoms with Gasteiger partial charge in [0.25, 0.3) is 0 Å². The van der Waals surface area contributed by atoms with Gasteiger partial charge < -0.3 is 19.1 Å². The fourth-order valence-electron chi connectivity index (χ4n) is 3.18. The van der Waals surface area contributed by atoms with Gasteiger partial charge in [-0.3, -0.25) is 4.79 Å². The molecule has 31 heavy (non-hydrogen) atoms. The summed E-state index contributed by atoms with van der Waals surface area (Å²) in [4.78, 5) is 26.1. The molecule has 0 atom stereocenters. The molecule has 0 radical (unpaired) electrons. The van der Waals surface area contributed by atoms with Crippen molar-refractivity contribution in [1.29, 1.82) is 0 Å². The van der Waals surface area contributed by atoms with Crippen LogP contribution in [0.25, 0.3) is 0 Å². The Morgan fingerprint density at radius 2 is 1.77 bits per heavy atom. The number of benzene rings is 2. The number of morpholine rings is 1. The summed E-state index contributed by atoms with van der Waals surface area (Å²) in [5, 5.41) is 5.22. The van der Waals surface area contributed by atoms with Crippen LogP contribution in [0.3, 0.4) is 0 Å². The topological polar surface area (TPSA) is 125 Å². The molecule has 1 heterocycles. The van der Waals surface area contributed by atoms with E-state index in [4.69, 9.17) is 19.3 Å². The first-order valence-electron chi connectivity index (χ1n) is 9.67. The van der Waals surface area contributed by atoms with E-state index in [-0.39, 0.29) is 29.5 Å². The van der Waals surface area contributed by atoms with E-state index in [2.05, 4.69) is 0 Å². The van der Waals surface area contributed by atoms with Crippen LogP contribution in [0.5, 0.6) is 5.75 Å². The standard InChI is InChI=1S/C21H24N2O7S/c1-15(24)17-4-2-3-5-20(17)29-12-13-30-21(25)18-14-16(31(22,26)27)6-7-19(18)23-8-10-28-11-9-23/h2-7,14H,8-13H2,1H3,(H2,22,26,27). The van der Waals surface area contributed by atoms with Crippen LogP contribution in [-0.2, 0) is 19.5 Å². The summed E-state index contributed by atoms with van der Waals surface area (Å²) in [6.07, 6.45) is 0. The minimum Gasteiger partial charge on any atom is -0.489 e. The number of hydrogen-bond acceptors (Lipinski definition) is 8. The number of ether oxygens (including phenoxy) is 3. The number of rotatable bonds is 8. The van der Waals surface area contributed by atoms with Crippen molar-refractivity contribution in [2.45, 2.75) is 11.8 Å². The van der Waals surface area contributed by atoms with Crippen LogP contribution in [-0.4, -0.2) is 59.7 Å². The second kappa shape index (κ2) is 9.90. The molecular weight excluding hydrogens is 424 g/mol. The van der Waals surface area contributed by atoms with Gasteiger partial charge in [-0.2, -0.15) is 0 Å². The smallest absolute Gasteiger partial charge is 0.340 e. The molecule has 1 saturated heterocycles. The molecule has 10 heteroatoms. The summed E-state index contributed by atoms with van der Waals surface area (Å²) in [5.74, 6) is -0.436. The van der Waals surface area contributed by atoms with Crippen molar-refractivity contribution in [2.75, 3.05) is 44.4 Å². The zero-order valence-electron chi connectivity index (χ0n) is 17.1. The van der Waals surface area contributed by atoms with Crippen LogP contribution in [0.2, 0.25) is 0 Å². The van der Waals surface area contributed by atoms with E-state index in [1.807, 2.05) is 4.90 Å². The van der Waals surface area contributed by atoms with Gasteiger partial charge in [-0.1, -0.05) is 12.1 Å². The first-order valence-corrected chi connectivity index (χ1v) is 11.2. The molecule has 0 aliphatic carbocycles. The number of primary sulfonamides is 1. The first-order chi connectivity index (χ1) is 14.8. The third-order valence-electron chi connectivity index (χ3n) is 4.71. The predicted octanol–water partition coefficient (Wildman–Crippen LogP) is 1.61. The lowest BCUT2D eigenvalue weighted by atomic mass is 10.1. The summed E-state index contributed by atoms with van der Waals surface area (Å²) in [6, 6.07) is 10.9. The third-order valence-corrected chi connectivity index (χ3v) is 5.62. The normalized spacial score (nSPS) is 14.2. The highest BCUT2D eigenvalue weighted by Crippen LogP contribution is 2.26. The molecule has 0 aromatic heterocycles. The largest absolute Gasteiger partial charge is 0.489 e. The highest BCUT2D eigenvalue weighted by Gasteiger charge is 2.22. The highest BCUT2D eigenvalue weighted by atomic mass is 32.2. The molecule has 1 fully saturated rings. The number of ketones is 1. The zero-order chi connectivity index (χ0) is 22.4. The van der Waals surface area contributed by atoms with E-state index in [1.54, 1.807) is 30.3 Å². The Hall–Kier alpha value is -2.95. The van der Waals surface area contributed by atoms with Crippen LogP contribution in [0, 0.1) is 0 Å². The van der Waals surface area contributed by atoms with Gasteiger partial charge in [0, 0.05) is 13.1 Å². The fraction of sp³-hybridized carbons (Fsp3) is 0.333. The van der Waals surface area contributed by atoms with Crippen molar-refractivity contribution >= 4 is 27.5 Å². The van der Waals surface area contributed by atoms with Crippen LogP contribution in [0.15, 0.2) is 47.4 Å². The van der Waals surface area contributed by atoms with E-state index in [0.717, 1.165) is 0 Å². The van der Waals surface area contributed by atoms with Crippen LogP contribution >= 0.6 is 0 Å². The molecule has 2 aromatic carbocycles. The molecule has 9 nitrogen and oxygen atoms in total. The number of hydrogen-bond donors (Lipinski definition) is 1. The van der Waals surface area contributed by atoms with E-state index in [9.17, 15) is 18.0 Å². The van der Waals surface area contributed by atoms with Gasteiger partial charge in [0.2, 0.25) is 10.0 Å². The van der Waals surface area contributed by atoms with Gasteiger partial charge >= 0.3 is 5.97 Å². The lowest BCUT2D eigenvalue weighted by Gasteiger charge is -2.30. The molecule has 166 valence electrons. The molecule has 1 aliphatic rings. The number of carbonyl (C=O) groups is 2. The fourth-order valence-corrected chi connectivity index (χ4v) is 3.72. The highest BCUT2D eigenvalue weighted by molar-refractivity contribution is 7.89. The maximum atomic E-state index is 12.7. The summed E-state index contributed by atoms with van der Waals surface area (Å²) >= 11 is 0. The average molecular weight is 448 g/mol. The van der Waals surface area contributed by atoms with Gasteiger partial charge in [-0.25, -0.2) is 18.4 Å². The number of esters is 1. The van der Waals surface area contributed by atoms with Gasteiger partial charge in [0.15, 0.2) is 5.78 Å². The Kier molecular flexibility index (Phi) is 7.26. The minimum atomic E-state index is -3.99. The molecule has 0 amide bonds. The maximum Gasteiger partial charge on any atom is 0.340 e. The Morgan fingerprint density at radius 3 is 2.45 bits per heavy atom. The van der Waals surface area contributed by atoms with Gasteiger partial charge in [-0.05, 0) is 37.3 Å². The number of sulfonamides is 1. The van der Waals surface area contributed by atoms with E-state index >= 15 is 0 Å². The quantitative estimate of drug-likeness (QED) is 0.367. The molecule has 0 unspecified atom stereocenters. The van der Waals surface area contributed by atoms with E-state index < -0.39 is 16.0 Å². The number of anilines is 1. The molecule has 0 saturated carbocycles. The Labute approximate surface area is 180 Å². The number of carbonyl (C=O) groups excluding carboxylic acids is 2. The lowest BCUT2D eigenvalue weighted by Crippen LogP contribution is -2.37. The number of nitrogens with zero attached hydrogens (tertiary/aromatic N) is 1. The molecule has 1 aliphatic heterocycles. The van der Waals surface area contributed by atoms with Crippen molar-refractivity contribution in [3.8, 4) is 5.75 Å². The number of nitrogens with two attached hydrogens (primary N) is 1. The van der Waals surface area contributed by atoms with Crippen LogP contribution in [0.1, 0.15) is 27.6 Å². The molecule has 0 bridgehead atoms. The van der Waals surface area contributed by atoms with Gasteiger partial charge in [-0.15, -0.1) is 0 Å². The molecular formula is C21H24N2O7S. The lowest BCUT2D eigenvalue weighted by molar-refractivity contribution is 0.0449. The van der Waals surface area contributed by atoms with E-state index in [1.165, 1.54) is 19.1 Å². The van der Waals surface area contributed by atoms with Crippen molar-refractivity contribution in [2.24, 2.45) is 5.14 Å². The molecule has 2 aromatic rings. The zero-order valence-corrected chi connectivity index (χ0v) is 17.9. The van der Waals surface area contributed by atoms with Crippen molar-refractivity contribution in [3.05, 3.63) is 53.6 Å². The van der Waals surface area contributed by atoms with Crippen molar-refractivity contribution in [1.82, 2.24) is 0 Å². The SMILES string of the molecule is CC(=O)c1ccccc1OCCOC(=O)c1cc(S(N)(=O)=O)ccc1N1CCOCC1. The number of para-hydroxylation sites is 1. The van der Waals surface area contributed by atoms with E-state index in [0.29, 0.717) is 43.3 Å². The maximum absolute atomic E-state index is 12.7. The van der Waals surface area contributed by atoms with Crippen LogP contribution < -0.4 is 14.8 Å². The molecule has 3 rings (SSSR count). The average Bonchev–Trinajstić information content (AvgIpc) is 2.76. The Balaban J connectivity index is 1.72. The monoisotopic (exact) mass is 448 g/mol. The third kappa shape index (κ3) is 5.81. The van der Waals surface area contributed by atoms with Crippen LogP contribution in [0.4, 0.5) is 5.69 Å². The van der Waals surface area contributed by atoms with Gasteiger partial charge in [0.05, 0.1) is 34.9 Å². The molecule has 0 spiro atoms. The number of Topliss-reactive ketones (excluding diaryl/α,β-unsaturated/α-hetero) is 1. The second-order valence-corrected chi connectivity index (χ2v) is 8.42.